The van der Waals surface area contributed by atoms with Crippen LogP contribution in [0.3, 0.4) is 0 Å². The molecule has 0 amide bonds. The largest absolute Gasteiger partial charge is 0.471 e. The number of nitro benzene ring substituents is 1. The van der Waals surface area contributed by atoms with Crippen molar-refractivity contribution < 1.29 is 19.2 Å². The van der Waals surface area contributed by atoms with Crippen molar-refractivity contribution in [3.05, 3.63) is 71.1 Å². The lowest BCUT2D eigenvalue weighted by molar-refractivity contribution is -0.386. The molecule has 0 aliphatic carbocycles. The zero-order valence-corrected chi connectivity index (χ0v) is 23.2. The monoisotopic (exact) mass is 622 g/mol. The highest BCUT2D eigenvalue weighted by Gasteiger charge is 2.25. The summed E-state index contributed by atoms with van der Waals surface area (Å²) in [6, 6.07) is 8.04. The van der Waals surface area contributed by atoms with Crippen molar-refractivity contribution in [1.29, 1.82) is 0 Å². The van der Waals surface area contributed by atoms with Crippen LogP contribution in [0.25, 0.3) is 10.9 Å². The second-order valence-electron chi connectivity index (χ2n) is 7.92. The molecule has 0 saturated heterocycles. The lowest BCUT2D eigenvalue weighted by Crippen LogP contribution is -2.26. The zero-order chi connectivity index (χ0) is 26.6. The van der Waals surface area contributed by atoms with Gasteiger partial charge in [0.25, 0.3) is 5.56 Å². The summed E-state index contributed by atoms with van der Waals surface area (Å²) in [6.45, 7) is 7.17. The Bertz CT molecular complexity index is 1410. The minimum Gasteiger partial charge on any atom is -0.471 e. The molecule has 36 heavy (non-hydrogen) atoms. The summed E-state index contributed by atoms with van der Waals surface area (Å²) in [6.07, 6.45) is 1.01. The molecule has 2 atom stereocenters. The van der Waals surface area contributed by atoms with Crippen LogP contribution < -0.4 is 10.3 Å². The molecule has 1 heterocycles. The average molecular weight is 624 g/mol. The topological polar surface area (TPSA) is 126 Å². The number of benzene rings is 2. The van der Waals surface area contributed by atoms with Crippen molar-refractivity contribution in [3.8, 4) is 5.75 Å². The summed E-state index contributed by atoms with van der Waals surface area (Å²) in [4.78, 5) is 41.0. The van der Waals surface area contributed by atoms with E-state index in [9.17, 15) is 19.7 Å². The van der Waals surface area contributed by atoms with Gasteiger partial charge in [-0.25, -0.2) is 9.78 Å². The standard InChI is InChI=1S/C24H24Br2N4O6/c1-5-13(3)22-28-19-8-7-16(25)11-17(19)23(31)29(22)27-12-15-9-18(26)21(20(10-15)30(33)34)36-14(4)24(32)35-6-2/h7-14H,5-6H2,1-4H3/t13-,14+/m1/s1. The fourth-order valence-electron chi connectivity index (χ4n) is 3.31. The van der Waals surface area contributed by atoms with Gasteiger partial charge in [0.1, 0.15) is 5.82 Å². The van der Waals surface area contributed by atoms with Crippen molar-refractivity contribution in [1.82, 2.24) is 9.66 Å². The Morgan fingerprint density at radius 2 is 1.97 bits per heavy atom. The van der Waals surface area contributed by atoms with Crippen LogP contribution in [0, 0.1) is 10.1 Å². The van der Waals surface area contributed by atoms with Gasteiger partial charge in [0, 0.05) is 22.0 Å². The number of fused-ring (bicyclic) bond motifs is 1. The summed E-state index contributed by atoms with van der Waals surface area (Å²) in [5, 5.41) is 16.5. The molecule has 0 radical (unpaired) electrons. The number of esters is 1. The lowest BCUT2D eigenvalue weighted by atomic mass is 10.1. The predicted molar refractivity (Wildman–Crippen MR) is 143 cm³/mol. The molecule has 3 rings (SSSR count). The average Bonchev–Trinajstić information content (AvgIpc) is 2.84. The van der Waals surface area contributed by atoms with E-state index in [-0.39, 0.29) is 34.0 Å². The number of carbonyl (C=O) groups excluding carboxylic acids is 1. The highest BCUT2D eigenvalue weighted by Crippen LogP contribution is 2.37. The number of ether oxygens (including phenoxy) is 2. The van der Waals surface area contributed by atoms with E-state index in [2.05, 4.69) is 41.9 Å². The highest BCUT2D eigenvalue weighted by atomic mass is 79.9. The van der Waals surface area contributed by atoms with Crippen LogP contribution in [-0.2, 0) is 9.53 Å². The molecule has 2 aromatic carbocycles. The molecule has 0 N–H and O–H groups in total. The van der Waals surface area contributed by atoms with Gasteiger partial charge < -0.3 is 9.47 Å². The summed E-state index contributed by atoms with van der Waals surface area (Å²) < 4.78 is 12.6. The zero-order valence-electron chi connectivity index (χ0n) is 20.0. The third-order valence-corrected chi connectivity index (χ3v) is 6.45. The lowest BCUT2D eigenvalue weighted by Gasteiger charge is -2.15. The minimum absolute atomic E-state index is 0.0656. The van der Waals surface area contributed by atoms with Crippen molar-refractivity contribution in [2.45, 2.75) is 46.1 Å². The Balaban J connectivity index is 2.08. The Labute approximate surface area is 223 Å². The van der Waals surface area contributed by atoms with Crippen molar-refractivity contribution in [3.63, 3.8) is 0 Å². The van der Waals surface area contributed by atoms with Gasteiger partial charge in [-0.1, -0.05) is 29.8 Å². The fourth-order valence-corrected chi connectivity index (χ4v) is 4.24. The van der Waals surface area contributed by atoms with Crippen molar-refractivity contribution in [2.75, 3.05) is 6.61 Å². The number of halogens is 2. The summed E-state index contributed by atoms with van der Waals surface area (Å²) >= 11 is 6.66. The van der Waals surface area contributed by atoms with E-state index in [0.717, 1.165) is 10.9 Å². The van der Waals surface area contributed by atoms with Crippen molar-refractivity contribution in [2.24, 2.45) is 5.10 Å². The van der Waals surface area contributed by atoms with Gasteiger partial charge in [-0.15, -0.1) is 0 Å². The van der Waals surface area contributed by atoms with Crippen LogP contribution in [0.15, 0.2) is 49.2 Å². The van der Waals surface area contributed by atoms with Crippen LogP contribution in [0.5, 0.6) is 5.75 Å². The van der Waals surface area contributed by atoms with Crippen molar-refractivity contribution >= 4 is 60.6 Å². The first kappa shape index (κ1) is 27.5. The van der Waals surface area contributed by atoms with E-state index in [1.165, 1.54) is 23.9 Å². The molecule has 0 bridgehead atoms. The first-order chi connectivity index (χ1) is 17.1. The number of hydrogen-bond donors (Lipinski definition) is 0. The molecule has 1 aromatic heterocycles. The molecule has 10 nitrogen and oxygen atoms in total. The molecule has 0 fully saturated rings. The summed E-state index contributed by atoms with van der Waals surface area (Å²) in [5.74, 6) is -0.349. The molecule has 12 heteroatoms. The maximum absolute atomic E-state index is 13.3. The molecule has 0 unspecified atom stereocenters. The third-order valence-electron chi connectivity index (χ3n) is 5.36. The van der Waals surface area contributed by atoms with Gasteiger partial charge in [-0.2, -0.15) is 9.78 Å². The SMILES string of the molecule is CCOC(=O)[C@H](C)Oc1c(Br)cc(C=Nn2c([C@H](C)CC)nc3ccc(Br)cc3c2=O)cc1[N+](=O)[O-]. The smallest absolute Gasteiger partial charge is 0.347 e. The Kier molecular flexibility index (Phi) is 8.96. The molecule has 0 spiro atoms. The highest BCUT2D eigenvalue weighted by molar-refractivity contribution is 9.10. The molecule has 0 aliphatic rings. The number of nitro groups is 1. The fraction of sp³-hybridized carbons (Fsp3) is 0.333. The molecular formula is C24H24Br2N4O6. The Morgan fingerprint density at radius 3 is 2.61 bits per heavy atom. The van der Waals surface area contributed by atoms with Gasteiger partial charge in [-0.05, 0) is 60.5 Å². The maximum atomic E-state index is 13.3. The molecule has 190 valence electrons. The molecular weight excluding hydrogens is 600 g/mol. The minimum atomic E-state index is -1.06. The Hall–Kier alpha value is -3.12. The quantitative estimate of drug-likeness (QED) is 0.132. The van der Waals surface area contributed by atoms with Crippen LogP contribution in [0.1, 0.15) is 51.4 Å². The van der Waals surface area contributed by atoms with Crippen LogP contribution in [0.2, 0.25) is 0 Å². The Morgan fingerprint density at radius 1 is 1.25 bits per heavy atom. The van der Waals surface area contributed by atoms with Gasteiger partial charge in [0.15, 0.2) is 6.10 Å². The molecule has 3 aromatic rings. The second-order valence-corrected chi connectivity index (χ2v) is 9.69. The van der Waals surface area contributed by atoms with E-state index in [1.54, 1.807) is 25.1 Å². The number of aromatic nitrogens is 2. The maximum Gasteiger partial charge on any atom is 0.347 e. The van der Waals surface area contributed by atoms with Gasteiger partial charge in [0.05, 0.1) is 33.1 Å². The third kappa shape index (κ3) is 5.98. The number of rotatable bonds is 9. The van der Waals surface area contributed by atoms with Crippen LogP contribution in [-0.4, -0.2) is 39.5 Å². The molecule has 0 saturated carbocycles. The van der Waals surface area contributed by atoms with E-state index in [1.807, 2.05) is 19.9 Å². The van der Waals surface area contributed by atoms with E-state index < -0.39 is 17.0 Å². The summed E-state index contributed by atoms with van der Waals surface area (Å²) in [5.41, 5.74) is 0.156. The first-order valence-electron chi connectivity index (χ1n) is 11.1. The number of carbonyl (C=O) groups is 1. The van der Waals surface area contributed by atoms with Gasteiger partial charge in [0.2, 0.25) is 5.75 Å². The second kappa shape index (κ2) is 11.7. The van der Waals surface area contributed by atoms with Gasteiger partial charge >= 0.3 is 11.7 Å². The first-order valence-corrected chi connectivity index (χ1v) is 12.7. The number of hydrogen-bond acceptors (Lipinski definition) is 8. The summed E-state index contributed by atoms with van der Waals surface area (Å²) in [7, 11) is 0. The van der Waals surface area contributed by atoms with Crippen LogP contribution >= 0.6 is 31.9 Å². The number of nitrogens with zero attached hydrogens (tertiary/aromatic N) is 4. The van der Waals surface area contributed by atoms with E-state index in [0.29, 0.717) is 22.3 Å². The van der Waals surface area contributed by atoms with Crippen LogP contribution in [0.4, 0.5) is 5.69 Å². The normalized spacial score (nSPS) is 13.1. The predicted octanol–water partition coefficient (Wildman–Crippen LogP) is 5.56. The molecule has 0 aliphatic heterocycles. The van der Waals surface area contributed by atoms with E-state index >= 15 is 0 Å². The van der Waals surface area contributed by atoms with Gasteiger partial charge in [-0.3, -0.25) is 14.9 Å². The van der Waals surface area contributed by atoms with E-state index in [4.69, 9.17) is 9.47 Å².